The van der Waals surface area contributed by atoms with Gasteiger partial charge in [0.2, 0.25) is 0 Å². The third-order valence-electron chi connectivity index (χ3n) is 15.8. The van der Waals surface area contributed by atoms with Crippen molar-refractivity contribution in [3.05, 3.63) is 231 Å². The van der Waals surface area contributed by atoms with Crippen molar-refractivity contribution < 1.29 is 63.4 Å². The van der Waals surface area contributed by atoms with E-state index in [0.717, 1.165) is 82.0 Å². The minimum atomic E-state index is -5.10. The zero-order chi connectivity index (χ0) is 59.9. The molecule has 4 unspecified atom stereocenters. The topological polar surface area (TPSA) is 77.5 Å². The van der Waals surface area contributed by atoms with Gasteiger partial charge < -0.3 is 4.74 Å². The third kappa shape index (κ3) is 12.2. The molecule has 4 aliphatic rings. The number of Topliss-reactive ketones (excluding diaryl/α,β-unsaturated/α-hetero) is 4. The highest BCUT2D eigenvalue weighted by Gasteiger charge is 2.50. The van der Waals surface area contributed by atoms with Crippen LogP contribution in [-0.2, 0) is 38.0 Å². The lowest BCUT2D eigenvalue weighted by Gasteiger charge is -2.16. The number of rotatable bonds is 5. The van der Waals surface area contributed by atoms with E-state index in [4.69, 9.17) is 4.74 Å². The van der Waals surface area contributed by atoms with Crippen molar-refractivity contribution in [2.75, 3.05) is 7.11 Å². The summed E-state index contributed by atoms with van der Waals surface area (Å²) < 4.78 is 123. The van der Waals surface area contributed by atoms with Gasteiger partial charge in [0.05, 0.1) is 23.8 Å². The fourth-order valence-corrected chi connectivity index (χ4v) is 11.6. The molecule has 5 nitrogen and oxygen atoms in total. The number of aryl methyl sites for hydroxylation is 2. The second-order valence-corrected chi connectivity index (χ2v) is 21.6. The van der Waals surface area contributed by atoms with E-state index in [-0.39, 0.29) is 46.3 Å². The molecule has 0 aliphatic heterocycles. The number of hydrogen-bond acceptors (Lipinski definition) is 5. The molecule has 0 radical (unpaired) electrons. The zero-order valence-corrected chi connectivity index (χ0v) is 46.2. The Kier molecular flexibility index (Phi) is 16.7. The fraction of sp³-hybridized carbons (Fsp3) is 0.246. The number of fused-ring (bicyclic) bond motifs is 4. The van der Waals surface area contributed by atoms with E-state index < -0.39 is 53.3 Å². The van der Waals surface area contributed by atoms with Crippen molar-refractivity contribution in [2.24, 2.45) is 23.7 Å². The van der Waals surface area contributed by atoms with Crippen LogP contribution in [0.3, 0.4) is 0 Å². The molecule has 0 heterocycles. The lowest BCUT2D eigenvalue weighted by Crippen LogP contribution is -2.27. The van der Waals surface area contributed by atoms with Crippen molar-refractivity contribution in [2.45, 2.75) is 78.8 Å². The molecular weight excluding hydrogens is 1080 g/mol. The summed E-state index contributed by atoms with van der Waals surface area (Å²) in [7, 11) is 1.62. The minimum absolute atomic E-state index is 0.0498. The van der Waals surface area contributed by atoms with E-state index in [1.165, 1.54) is 33.4 Å². The number of benzene rings is 8. The molecule has 0 aromatic heterocycles. The van der Waals surface area contributed by atoms with Gasteiger partial charge in [-0.3, -0.25) is 19.2 Å². The molecule has 0 bridgehead atoms. The van der Waals surface area contributed by atoms with E-state index in [0.29, 0.717) is 29.4 Å². The average Bonchev–Trinajstić information content (AvgIpc) is 3.23. The summed E-state index contributed by atoms with van der Waals surface area (Å²) in [6.45, 7) is 10.1. The SMILES string of the molecule is COc1ccc(-c2ccccc2)c2c1C(=O)C(C)C2.Cc1cc2c(c(-c3ccccc3)c1)CC(C)C2=O.Cc1ccc(-c2ccccc2)c2c1C(=O)C(C)C2.O=C1c2cccc(-c3cc(C(F)(F)F)cc(C(F)(F)F)c3)c2CC1C(F)(F)F. The van der Waals surface area contributed by atoms with Crippen LogP contribution in [0.2, 0.25) is 0 Å². The molecule has 0 amide bonds. The normalized spacial score (nSPS) is 17.7. The van der Waals surface area contributed by atoms with Gasteiger partial charge in [-0.25, -0.2) is 0 Å². The summed E-state index contributed by atoms with van der Waals surface area (Å²) >= 11 is 0. The van der Waals surface area contributed by atoms with Gasteiger partial charge in [-0.15, -0.1) is 0 Å². The first-order valence-corrected chi connectivity index (χ1v) is 27.0. The molecule has 14 heteroatoms. The van der Waals surface area contributed by atoms with E-state index in [9.17, 15) is 58.7 Å². The molecule has 0 spiro atoms. The van der Waals surface area contributed by atoms with Crippen molar-refractivity contribution >= 4 is 23.1 Å². The molecule has 4 atom stereocenters. The second-order valence-electron chi connectivity index (χ2n) is 21.6. The maximum atomic E-state index is 13.0. The molecule has 83 heavy (non-hydrogen) atoms. The molecule has 8 aromatic carbocycles. The Morgan fingerprint density at radius 1 is 0.386 bits per heavy atom. The molecule has 0 fully saturated rings. The highest BCUT2D eigenvalue weighted by Crippen LogP contribution is 2.46. The van der Waals surface area contributed by atoms with E-state index in [1.54, 1.807) is 7.11 Å². The Morgan fingerprint density at radius 2 is 0.807 bits per heavy atom. The molecular formula is C69H57F9O5. The Bertz CT molecular complexity index is 3760. The van der Waals surface area contributed by atoms with Crippen LogP contribution in [0.4, 0.5) is 39.5 Å². The maximum Gasteiger partial charge on any atom is 0.416 e. The minimum Gasteiger partial charge on any atom is -0.496 e. The lowest BCUT2D eigenvalue weighted by molar-refractivity contribution is -0.158. The average molecular weight is 1140 g/mol. The van der Waals surface area contributed by atoms with Gasteiger partial charge in [-0.2, -0.15) is 39.5 Å². The van der Waals surface area contributed by atoms with Crippen LogP contribution < -0.4 is 4.74 Å². The Hall–Kier alpha value is -8.39. The Balaban J connectivity index is 0.000000135. The van der Waals surface area contributed by atoms with E-state index >= 15 is 0 Å². The van der Waals surface area contributed by atoms with Crippen LogP contribution >= 0.6 is 0 Å². The van der Waals surface area contributed by atoms with Gasteiger partial charge in [-0.05, 0) is 148 Å². The van der Waals surface area contributed by atoms with Crippen molar-refractivity contribution in [1.82, 2.24) is 0 Å². The molecule has 0 saturated carbocycles. The fourth-order valence-electron chi connectivity index (χ4n) is 11.6. The van der Waals surface area contributed by atoms with Gasteiger partial charge in [0.15, 0.2) is 23.1 Å². The summed E-state index contributed by atoms with van der Waals surface area (Å²) in [5.74, 6) is -1.83. The second kappa shape index (κ2) is 23.5. The van der Waals surface area contributed by atoms with Crippen molar-refractivity contribution in [3.63, 3.8) is 0 Å². The number of alkyl halides is 9. The molecule has 4 aliphatic carbocycles. The van der Waals surface area contributed by atoms with Gasteiger partial charge >= 0.3 is 18.5 Å². The van der Waals surface area contributed by atoms with Gasteiger partial charge in [0, 0.05) is 34.4 Å². The van der Waals surface area contributed by atoms with Crippen molar-refractivity contribution in [1.29, 1.82) is 0 Å². The number of carbonyl (C=O) groups is 4. The first kappa shape index (κ1) is 59.2. The summed E-state index contributed by atoms with van der Waals surface area (Å²) in [6.07, 6.45) is -13.4. The number of halogens is 9. The zero-order valence-electron chi connectivity index (χ0n) is 46.2. The Labute approximate surface area is 475 Å². The van der Waals surface area contributed by atoms with Crippen LogP contribution in [0.25, 0.3) is 44.5 Å². The van der Waals surface area contributed by atoms with Gasteiger partial charge in [0.25, 0.3) is 0 Å². The first-order valence-electron chi connectivity index (χ1n) is 27.0. The molecule has 0 saturated heterocycles. The van der Waals surface area contributed by atoms with Crippen LogP contribution in [0.1, 0.15) is 107 Å². The molecule has 8 aromatic rings. The largest absolute Gasteiger partial charge is 0.496 e. The van der Waals surface area contributed by atoms with Gasteiger partial charge in [-0.1, -0.05) is 154 Å². The quantitative estimate of drug-likeness (QED) is 0.161. The van der Waals surface area contributed by atoms with Crippen LogP contribution in [0.15, 0.2) is 164 Å². The van der Waals surface area contributed by atoms with Crippen LogP contribution in [0.5, 0.6) is 5.75 Å². The number of ether oxygens (including phenoxy) is 1. The monoisotopic (exact) mass is 1140 g/mol. The molecule has 426 valence electrons. The van der Waals surface area contributed by atoms with Crippen LogP contribution in [-0.4, -0.2) is 36.4 Å². The smallest absolute Gasteiger partial charge is 0.416 e. The standard InChI is InChI=1S/C18H9F9O.C17H16O2.2C17H16O/c19-16(20,21)9-4-8(5-10(6-9)17(22,23)24)11-2-1-3-12-13(11)7-14(15(12)28)18(25,26)27;1-11-10-14-13(12-6-4-3-5-7-12)8-9-15(19-2)16(14)17(11)18;1-11-8-14(13-6-4-3-5-7-13)15-10-12(2)17(18)16(15)9-11;1-11-8-9-14(13-6-4-3-5-7-13)15-10-12(2)17(18)16(11)15/h1-6,14H,7H2;3-9,11H,10H2,1-2H3;2*3-9,12H,10H2,1-2H3. The maximum absolute atomic E-state index is 13.0. The first-order chi connectivity index (χ1) is 39.3. The number of methoxy groups -OCH3 is 1. The number of ketones is 4. The predicted octanol–water partition coefficient (Wildman–Crippen LogP) is 18.1. The number of hydrogen-bond donors (Lipinski definition) is 0. The summed E-state index contributed by atoms with van der Waals surface area (Å²) in [6, 6.07) is 47.3. The number of carbonyl (C=O) groups excluding carboxylic acids is 4. The van der Waals surface area contributed by atoms with Crippen molar-refractivity contribution in [3.8, 4) is 50.3 Å². The van der Waals surface area contributed by atoms with Crippen LogP contribution in [0, 0.1) is 37.5 Å². The third-order valence-corrected chi connectivity index (χ3v) is 15.8. The summed E-state index contributed by atoms with van der Waals surface area (Å²) in [5, 5.41) is 0. The highest BCUT2D eigenvalue weighted by atomic mass is 19.4. The summed E-state index contributed by atoms with van der Waals surface area (Å²) in [5.41, 5.74) is 11.1. The lowest BCUT2D eigenvalue weighted by atomic mass is 9.93. The molecule has 12 rings (SSSR count). The molecule has 0 N–H and O–H groups in total. The summed E-state index contributed by atoms with van der Waals surface area (Å²) in [4.78, 5) is 48.6. The van der Waals surface area contributed by atoms with E-state index in [2.05, 4.69) is 67.6 Å². The predicted molar refractivity (Wildman–Crippen MR) is 303 cm³/mol. The van der Waals surface area contributed by atoms with Gasteiger partial charge in [0.1, 0.15) is 11.7 Å². The van der Waals surface area contributed by atoms with E-state index in [1.807, 2.05) is 94.4 Å². The highest BCUT2D eigenvalue weighted by molar-refractivity contribution is 6.07. The Morgan fingerprint density at radius 3 is 1.31 bits per heavy atom.